The predicted octanol–water partition coefficient (Wildman–Crippen LogP) is 0.407. The molecule has 0 saturated carbocycles. The van der Waals surface area contributed by atoms with Gasteiger partial charge in [-0.25, -0.2) is 5.01 Å². The van der Waals surface area contributed by atoms with E-state index in [1.54, 1.807) is 25.8 Å². The molecule has 0 spiro atoms. The van der Waals surface area contributed by atoms with Crippen molar-refractivity contribution in [3.8, 4) is 0 Å². The number of hydrazine groups is 1. The molecule has 6 nitrogen and oxygen atoms in total. The lowest BCUT2D eigenvalue weighted by Gasteiger charge is -2.26. The largest absolute Gasteiger partial charge is 0.503 e. The monoisotopic (exact) mass is 256 g/mol. The van der Waals surface area contributed by atoms with E-state index in [0.29, 0.717) is 26.3 Å². The summed E-state index contributed by atoms with van der Waals surface area (Å²) < 4.78 is 5.13. The number of carbonyl (C=O) groups is 2. The third kappa shape index (κ3) is 4.46. The molecule has 0 aliphatic carbocycles. The molecular formula is C12H20N2O4. The Morgan fingerprint density at radius 2 is 1.83 bits per heavy atom. The van der Waals surface area contributed by atoms with Gasteiger partial charge in [0, 0.05) is 24.6 Å². The number of ether oxygens (including phenoxy) is 1. The Morgan fingerprint density at radius 1 is 1.28 bits per heavy atom. The standard InChI is InChI=1S/C12H20N2O4/c1-12(2,3)10(16)8-9(15)11(17)13-14-4-6-18-7-5-14/h8,15H,4-7H2,1-3H3,(H,13,17)/b9-8-. The van der Waals surface area contributed by atoms with Gasteiger partial charge in [-0.15, -0.1) is 0 Å². The minimum Gasteiger partial charge on any atom is -0.503 e. The molecule has 0 aromatic carbocycles. The molecule has 0 bridgehead atoms. The lowest BCUT2D eigenvalue weighted by molar-refractivity contribution is -0.128. The van der Waals surface area contributed by atoms with Crippen LogP contribution >= 0.6 is 0 Å². The van der Waals surface area contributed by atoms with Crippen LogP contribution in [0.2, 0.25) is 0 Å². The number of aliphatic hydroxyl groups excluding tert-OH is 1. The van der Waals surface area contributed by atoms with Crippen LogP contribution in [0.15, 0.2) is 11.8 Å². The van der Waals surface area contributed by atoms with Gasteiger partial charge in [0.25, 0.3) is 0 Å². The summed E-state index contributed by atoms with van der Waals surface area (Å²) in [6, 6.07) is 0. The zero-order chi connectivity index (χ0) is 13.8. The van der Waals surface area contributed by atoms with Gasteiger partial charge in [-0.05, 0) is 0 Å². The number of carbonyl (C=O) groups excluding carboxylic acids is 2. The molecule has 0 atom stereocenters. The van der Waals surface area contributed by atoms with Crippen molar-refractivity contribution >= 4 is 11.7 Å². The predicted molar refractivity (Wildman–Crippen MR) is 65.7 cm³/mol. The molecule has 0 aromatic heterocycles. The Kier molecular flexibility index (Phi) is 4.86. The van der Waals surface area contributed by atoms with E-state index in [1.807, 2.05) is 0 Å². The summed E-state index contributed by atoms with van der Waals surface area (Å²) in [4.78, 5) is 23.2. The zero-order valence-electron chi connectivity index (χ0n) is 11.0. The van der Waals surface area contributed by atoms with E-state index in [9.17, 15) is 14.7 Å². The van der Waals surface area contributed by atoms with E-state index in [2.05, 4.69) is 5.43 Å². The summed E-state index contributed by atoms with van der Waals surface area (Å²) in [7, 11) is 0. The highest BCUT2D eigenvalue weighted by Crippen LogP contribution is 2.15. The van der Waals surface area contributed by atoms with Crippen molar-refractivity contribution in [2.24, 2.45) is 5.41 Å². The second-order valence-electron chi connectivity index (χ2n) is 5.18. The number of aliphatic hydroxyl groups is 1. The molecule has 2 N–H and O–H groups in total. The van der Waals surface area contributed by atoms with Crippen molar-refractivity contribution < 1.29 is 19.4 Å². The van der Waals surface area contributed by atoms with Crippen LogP contribution < -0.4 is 5.43 Å². The van der Waals surface area contributed by atoms with Gasteiger partial charge in [0.2, 0.25) is 0 Å². The number of ketones is 1. The normalized spacial score (nSPS) is 18.5. The molecule has 102 valence electrons. The number of nitrogens with zero attached hydrogens (tertiary/aromatic N) is 1. The number of rotatable bonds is 3. The third-order valence-electron chi connectivity index (χ3n) is 2.51. The summed E-state index contributed by atoms with van der Waals surface area (Å²) in [6.45, 7) is 7.35. The van der Waals surface area contributed by atoms with Crippen molar-refractivity contribution in [3.05, 3.63) is 11.8 Å². The number of morpholine rings is 1. The molecule has 18 heavy (non-hydrogen) atoms. The molecule has 1 heterocycles. The summed E-state index contributed by atoms with van der Waals surface area (Å²) >= 11 is 0. The van der Waals surface area contributed by atoms with Crippen molar-refractivity contribution in [2.45, 2.75) is 20.8 Å². The number of nitrogens with one attached hydrogen (secondary N) is 1. The molecule has 1 saturated heterocycles. The van der Waals surface area contributed by atoms with Gasteiger partial charge in [-0.2, -0.15) is 0 Å². The minimum atomic E-state index is -0.672. The molecule has 0 aromatic rings. The second-order valence-corrected chi connectivity index (χ2v) is 5.18. The van der Waals surface area contributed by atoms with Gasteiger partial charge in [0.1, 0.15) is 0 Å². The van der Waals surface area contributed by atoms with Crippen LogP contribution in [-0.2, 0) is 14.3 Å². The Hall–Kier alpha value is -1.40. The van der Waals surface area contributed by atoms with E-state index >= 15 is 0 Å². The average Bonchev–Trinajstić information content (AvgIpc) is 2.28. The van der Waals surface area contributed by atoms with E-state index in [-0.39, 0.29) is 5.78 Å². The first-order valence-electron chi connectivity index (χ1n) is 5.89. The molecule has 1 aliphatic heterocycles. The van der Waals surface area contributed by atoms with Crippen LogP contribution in [0.4, 0.5) is 0 Å². The van der Waals surface area contributed by atoms with Gasteiger partial charge in [0.15, 0.2) is 11.5 Å². The lowest BCUT2D eigenvalue weighted by Crippen LogP contribution is -2.48. The first kappa shape index (κ1) is 14.7. The maximum atomic E-state index is 11.6. The van der Waals surface area contributed by atoms with Gasteiger partial charge in [-0.1, -0.05) is 20.8 Å². The smallest absolute Gasteiger partial charge is 0.300 e. The van der Waals surface area contributed by atoms with Crippen molar-refractivity contribution in [2.75, 3.05) is 26.3 Å². The lowest BCUT2D eigenvalue weighted by atomic mass is 9.90. The van der Waals surface area contributed by atoms with Crippen LogP contribution in [0.25, 0.3) is 0 Å². The van der Waals surface area contributed by atoms with Crippen molar-refractivity contribution in [3.63, 3.8) is 0 Å². The molecule has 1 amide bonds. The zero-order valence-corrected chi connectivity index (χ0v) is 11.0. The number of hydrogen-bond donors (Lipinski definition) is 2. The summed E-state index contributed by atoms with van der Waals surface area (Å²) in [5, 5.41) is 11.2. The van der Waals surface area contributed by atoms with E-state index in [0.717, 1.165) is 6.08 Å². The topological polar surface area (TPSA) is 78.9 Å². The van der Waals surface area contributed by atoms with Gasteiger partial charge < -0.3 is 9.84 Å². The quantitative estimate of drug-likeness (QED) is 0.564. The highest BCUT2D eigenvalue weighted by atomic mass is 16.5. The fourth-order valence-corrected chi connectivity index (χ4v) is 1.28. The van der Waals surface area contributed by atoms with Crippen LogP contribution in [0.5, 0.6) is 0 Å². The van der Waals surface area contributed by atoms with Gasteiger partial charge in [0.05, 0.1) is 13.2 Å². The molecule has 0 radical (unpaired) electrons. The van der Waals surface area contributed by atoms with Crippen molar-refractivity contribution in [1.29, 1.82) is 0 Å². The minimum absolute atomic E-state index is 0.294. The number of amides is 1. The van der Waals surface area contributed by atoms with E-state index in [4.69, 9.17) is 4.74 Å². The van der Waals surface area contributed by atoms with E-state index in [1.165, 1.54) is 0 Å². The third-order valence-corrected chi connectivity index (χ3v) is 2.51. The summed E-state index contributed by atoms with van der Waals surface area (Å²) in [5.74, 6) is -1.53. The van der Waals surface area contributed by atoms with Crippen LogP contribution in [0.3, 0.4) is 0 Å². The van der Waals surface area contributed by atoms with E-state index < -0.39 is 17.1 Å². The maximum Gasteiger partial charge on any atom is 0.300 e. The number of hydrogen-bond acceptors (Lipinski definition) is 5. The molecule has 0 unspecified atom stereocenters. The molecule has 1 rings (SSSR count). The fourth-order valence-electron chi connectivity index (χ4n) is 1.28. The molecule has 6 heteroatoms. The average molecular weight is 256 g/mol. The molecule has 1 aliphatic rings. The first-order chi connectivity index (χ1) is 8.30. The Balaban J connectivity index is 2.55. The van der Waals surface area contributed by atoms with Crippen LogP contribution in [-0.4, -0.2) is 48.1 Å². The maximum absolute atomic E-state index is 11.6. The molecular weight excluding hydrogens is 236 g/mol. The van der Waals surface area contributed by atoms with Gasteiger partial charge >= 0.3 is 5.91 Å². The van der Waals surface area contributed by atoms with Gasteiger partial charge in [-0.3, -0.25) is 15.0 Å². The van der Waals surface area contributed by atoms with Crippen LogP contribution in [0.1, 0.15) is 20.8 Å². The Morgan fingerprint density at radius 3 is 2.33 bits per heavy atom. The first-order valence-corrected chi connectivity index (χ1v) is 5.89. The SMILES string of the molecule is CC(C)(C)C(=O)/C=C(\O)C(=O)NN1CCOCC1. The molecule has 1 fully saturated rings. The Labute approximate surface area is 107 Å². The second kappa shape index (κ2) is 5.97. The number of allylic oxidation sites excluding steroid dienone is 1. The highest BCUT2D eigenvalue weighted by Gasteiger charge is 2.22. The highest BCUT2D eigenvalue weighted by molar-refractivity contribution is 6.01. The summed E-state index contributed by atoms with van der Waals surface area (Å²) in [5.41, 5.74) is 1.90. The van der Waals surface area contributed by atoms with Crippen molar-refractivity contribution in [1.82, 2.24) is 10.4 Å². The van der Waals surface area contributed by atoms with Crippen LogP contribution in [0, 0.1) is 5.41 Å². The summed E-state index contributed by atoms with van der Waals surface area (Å²) in [6.07, 6.45) is 0.968. The fraction of sp³-hybridized carbons (Fsp3) is 0.667. The Bertz CT molecular complexity index is 352.